The van der Waals surface area contributed by atoms with E-state index in [1.54, 1.807) is 17.4 Å². The van der Waals surface area contributed by atoms with Crippen LogP contribution in [0.25, 0.3) is 10.2 Å². The van der Waals surface area contributed by atoms with E-state index in [-0.39, 0.29) is 5.91 Å². The Morgan fingerprint density at radius 3 is 2.82 bits per heavy atom. The highest BCUT2D eigenvalue weighted by Gasteiger charge is 2.10. The molecule has 3 aromatic rings. The van der Waals surface area contributed by atoms with Gasteiger partial charge in [0, 0.05) is 6.54 Å². The molecule has 0 radical (unpaired) electrons. The second-order valence-corrected chi connectivity index (χ2v) is 7.04. The Morgan fingerprint density at radius 2 is 2.14 bits per heavy atom. The van der Waals surface area contributed by atoms with E-state index in [9.17, 15) is 4.79 Å². The zero-order chi connectivity index (χ0) is 15.7. The Labute approximate surface area is 136 Å². The largest absolute Gasteiger partial charge is 0.312 e. The van der Waals surface area contributed by atoms with Gasteiger partial charge in [-0.1, -0.05) is 23.5 Å². The van der Waals surface area contributed by atoms with Gasteiger partial charge < -0.3 is 4.57 Å². The van der Waals surface area contributed by atoms with E-state index in [2.05, 4.69) is 37.6 Å². The lowest BCUT2D eigenvalue weighted by Gasteiger charge is -2.03. The highest BCUT2D eigenvalue weighted by atomic mass is 32.1. The zero-order valence-electron chi connectivity index (χ0n) is 12.5. The molecule has 112 valence electrons. The van der Waals surface area contributed by atoms with E-state index in [4.69, 9.17) is 0 Å². The number of amides is 1. The second kappa shape index (κ2) is 6.02. The number of thiazole rings is 1. The maximum absolute atomic E-state index is 12.3. The van der Waals surface area contributed by atoms with Crippen LogP contribution in [0.4, 0.5) is 0 Å². The van der Waals surface area contributed by atoms with Gasteiger partial charge in [-0.3, -0.25) is 4.79 Å². The molecule has 1 aromatic carbocycles. The molecule has 1 amide bonds. The van der Waals surface area contributed by atoms with Crippen molar-refractivity contribution in [1.29, 1.82) is 0 Å². The van der Waals surface area contributed by atoms with Crippen LogP contribution in [0, 0.1) is 13.8 Å². The molecule has 3 nitrogen and oxygen atoms in total. The van der Waals surface area contributed by atoms with Crippen molar-refractivity contribution in [2.45, 2.75) is 20.4 Å². The number of aromatic nitrogens is 1. The van der Waals surface area contributed by atoms with E-state index < -0.39 is 0 Å². The van der Waals surface area contributed by atoms with Gasteiger partial charge in [-0.05, 0) is 48.6 Å². The van der Waals surface area contributed by atoms with Crippen molar-refractivity contribution >= 4 is 38.8 Å². The highest BCUT2D eigenvalue weighted by molar-refractivity contribution is 7.16. The molecule has 2 aromatic heterocycles. The molecule has 5 heteroatoms. The summed E-state index contributed by atoms with van der Waals surface area (Å²) in [4.78, 5) is 18.0. The van der Waals surface area contributed by atoms with Gasteiger partial charge in [-0.25, -0.2) is 0 Å². The maximum Gasteiger partial charge on any atom is 0.289 e. The monoisotopic (exact) mass is 328 g/mol. The van der Waals surface area contributed by atoms with E-state index in [0.29, 0.717) is 11.4 Å². The minimum absolute atomic E-state index is 0.187. The van der Waals surface area contributed by atoms with Crippen molar-refractivity contribution in [2.24, 2.45) is 4.99 Å². The third kappa shape index (κ3) is 2.69. The summed E-state index contributed by atoms with van der Waals surface area (Å²) in [5.41, 5.74) is 3.58. The van der Waals surface area contributed by atoms with E-state index in [1.165, 1.54) is 22.5 Å². The Hall–Kier alpha value is -1.98. The van der Waals surface area contributed by atoms with Gasteiger partial charge in [0.25, 0.3) is 5.91 Å². The maximum atomic E-state index is 12.3. The number of aryl methyl sites for hydroxylation is 2. The van der Waals surface area contributed by atoms with Crippen LogP contribution in [0.2, 0.25) is 0 Å². The molecular formula is C17H16N2OS2. The highest BCUT2D eigenvalue weighted by Crippen LogP contribution is 2.22. The van der Waals surface area contributed by atoms with Crippen LogP contribution in [-0.2, 0) is 6.54 Å². The third-order valence-corrected chi connectivity index (χ3v) is 5.44. The number of allylic oxidation sites excluding steroid dienone is 1. The summed E-state index contributed by atoms with van der Waals surface area (Å²) in [6.45, 7) is 8.64. The number of hydrogen-bond acceptors (Lipinski definition) is 3. The summed E-state index contributed by atoms with van der Waals surface area (Å²) < 4.78 is 3.19. The van der Waals surface area contributed by atoms with E-state index in [0.717, 1.165) is 15.0 Å². The number of hydrogen-bond donors (Lipinski definition) is 0. The number of fused-ring (bicyclic) bond motifs is 1. The predicted octanol–water partition coefficient (Wildman–Crippen LogP) is 4.31. The summed E-state index contributed by atoms with van der Waals surface area (Å²) >= 11 is 2.96. The molecule has 2 heterocycles. The number of carbonyl (C=O) groups excluding carboxylic acids is 1. The Kier molecular flexibility index (Phi) is 4.09. The molecule has 0 atom stereocenters. The average Bonchev–Trinajstić information content (AvgIpc) is 3.11. The van der Waals surface area contributed by atoms with Crippen LogP contribution in [-0.4, -0.2) is 10.5 Å². The molecule has 3 rings (SSSR count). The fourth-order valence-electron chi connectivity index (χ4n) is 2.25. The van der Waals surface area contributed by atoms with Crippen LogP contribution in [0.15, 0.2) is 47.3 Å². The van der Waals surface area contributed by atoms with Crippen LogP contribution in [0.5, 0.6) is 0 Å². The van der Waals surface area contributed by atoms with Gasteiger partial charge in [0.15, 0.2) is 4.80 Å². The van der Waals surface area contributed by atoms with Crippen LogP contribution >= 0.6 is 22.7 Å². The van der Waals surface area contributed by atoms with Crippen molar-refractivity contribution in [3.05, 3.63) is 63.1 Å². The van der Waals surface area contributed by atoms with Gasteiger partial charge in [0.1, 0.15) is 0 Å². The summed E-state index contributed by atoms with van der Waals surface area (Å²) in [5.74, 6) is -0.187. The lowest BCUT2D eigenvalue weighted by molar-refractivity contribution is 0.100. The average molecular weight is 328 g/mol. The molecule has 0 aliphatic heterocycles. The zero-order valence-corrected chi connectivity index (χ0v) is 14.1. The first-order valence-corrected chi connectivity index (χ1v) is 8.64. The van der Waals surface area contributed by atoms with Gasteiger partial charge in [0.05, 0.1) is 15.1 Å². The smallest absolute Gasteiger partial charge is 0.289 e. The Bertz CT molecular complexity index is 914. The molecule has 0 fully saturated rings. The van der Waals surface area contributed by atoms with Crippen LogP contribution in [0.3, 0.4) is 0 Å². The van der Waals surface area contributed by atoms with Crippen molar-refractivity contribution < 1.29 is 4.79 Å². The number of thiophene rings is 1. The third-order valence-electron chi connectivity index (χ3n) is 3.54. The fourth-order valence-corrected chi connectivity index (χ4v) is 3.98. The van der Waals surface area contributed by atoms with E-state index >= 15 is 0 Å². The van der Waals surface area contributed by atoms with Gasteiger partial charge in [-0.15, -0.1) is 17.9 Å². The molecule has 0 spiro atoms. The number of benzene rings is 1. The molecule has 0 aliphatic carbocycles. The molecular weight excluding hydrogens is 312 g/mol. The van der Waals surface area contributed by atoms with Gasteiger partial charge >= 0.3 is 0 Å². The predicted molar refractivity (Wildman–Crippen MR) is 93.7 cm³/mol. The second-order valence-electron chi connectivity index (χ2n) is 5.08. The Balaban J connectivity index is 2.22. The quantitative estimate of drug-likeness (QED) is 0.660. The van der Waals surface area contributed by atoms with Crippen molar-refractivity contribution in [1.82, 2.24) is 4.57 Å². The Morgan fingerprint density at radius 1 is 1.36 bits per heavy atom. The molecule has 0 saturated carbocycles. The van der Waals surface area contributed by atoms with Crippen LogP contribution < -0.4 is 4.80 Å². The lowest BCUT2D eigenvalue weighted by atomic mass is 10.1. The first-order valence-electron chi connectivity index (χ1n) is 6.94. The summed E-state index contributed by atoms with van der Waals surface area (Å²) in [7, 11) is 0. The van der Waals surface area contributed by atoms with Crippen LogP contribution in [0.1, 0.15) is 20.8 Å². The molecule has 0 aliphatic rings. The molecule has 22 heavy (non-hydrogen) atoms. The first kappa shape index (κ1) is 14.9. The lowest BCUT2D eigenvalue weighted by Crippen LogP contribution is -2.16. The van der Waals surface area contributed by atoms with Crippen molar-refractivity contribution in [3.63, 3.8) is 0 Å². The standard InChI is InChI=1S/C17H16N2OS2/c1-4-7-19-13-9-11(2)12(3)10-15(13)22-17(19)18-16(20)14-6-5-8-21-14/h4-6,8-10H,1,7H2,2-3H3. The van der Waals surface area contributed by atoms with Gasteiger partial charge in [0.2, 0.25) is 0 Å². The molecule has 0 saturated heterocycles. The SMILES string of the molecule is C=CCn1c(=NC(=O)c2cccs2)sc2cc(C)c(C)cc21. The molecule has 0 bridgehead atoms. The molecule has 0 unspecified atom stereocenters. The number of nitrogens with zero attached hydrogens (tertiary/aromatic N) is 2. The summed E-state index contributed by atoms with van der Waals surface area (Å²) in [6.07, 6.45) is 1.83. The van der Waals surface area contributed by atoms with Crippen molar-refractivity contribution in [2.75, 3.05) is 0 Å². The number of carbonyl (C=O) groups is 1. The van der Waals surface area contributed by atoms with Crippen molar-refractivity contribution in [3.8, 4) is 0 Å². The molecule has 0 N–H and O–H groups in total. The fraction of sp³-hybridized carbons (Fsp3) is 0.176. The summed E-state index contributed by atoms with van der Waals surface area (Å²) in [6, 6.07) is 7.97. The minimum atomic E-state index is -0.187. The minimum Gasteiger partial charge on any atom is -0.312 e. The number of rotatable bonds is 3. The normalized spacial score (nSPS) is 12.0. The van der Waals surface area contributed by atoms with Gasteiger partial charge in [-0.2, -0.15) is 4.99 Å². The topological polar surface area (TPSA) is 34.4 Å². The first-order chi connectivity index (χ1) is 10.6. The summed E-state index contributed by atoms with van der Waals surface area (Å²) in [5, 5.41) is 1.89. The van der Waals surface area contributed by atoms with E-state index in [1.807, 2.05) is 22.1 Å².